The van der Waals surface area contributed by atoms with Crippen LogP contribution in [-0.2, 0) is 41.7 Å². The summed E-state index contributed by atoms with van der Waals surface area (Å²) in [5.41, 5.74) is 1.14. The monoisotopic (exact) mass is 519 g/mol. The zero-order valence-corrected chi connectivity index (χ0v) is 21.9. The number of nitriles is 2. The first-order valence-electron chi connectivity index (χ1n) is 12.7. The smallest absolute Gasteiger partial charge is 0.252 e. The molecular weight excluding hydrogens is 486 g/mol. The zero-order valence-electron chi connectivity index (χ0n) is 21.9. The van der Waals surface area contributed by atoms with E-state index in [0.29, 0.717) is 29.8 Å². The number of fused-ring (bicyclic) bond motifs is 1. The van der Waals surface area contributed by atoms with Crippen LogP contribution >= 0.6 is 0 Å². The number of ether oxygens (including phenoxy) is 5. The number of benzene rings is 2. The topological polar surface area (TPSA) is 123 Å². The molecule has 9 heteroatoms. The minimum atomic E-state index is -1.30. The van der Waals surface area contributed by atoms with Crippen molar-refractivity contribution in [2.24, 2.45) is 0 Å². The highest BCUT2D eigenvalue weighted by Crippen LogP contribution is 2.44. The molecule has 2 aromatic carbocycles. The number of rotatable bonds is 10. The molecule has 1 N–H and O–H groups in total. The van der Waals surface area contributed by atoms with Crippen LogP contribution in [0.25, 0.3) is 0 Å². The van der Waals surface area contributed by atoms with E-state index in [1.165, 1.54) is 0 Å². The molecule has 1 aliphatic heterocycles. The quantitative estimate of drug-likeness (QED) is 0.474. The molecule has 2 fully saturated rings. The van der Waals surface area contributed by atoms with Crippen molar-refractivity contribution < 1.29 is 28.5 Å². The third-order valence-corrected chi connectivity index (χ3v) is 6.89. The predicted octanol–water partition coefficient (Wildman–Crippen LogP) is 3.35. The highest BCUT2D eigenvalue weighted by molar-refractivity contribution is 5.85. The van der Waals surface area contributed by atoms with E-state index in [1.807, 2.05) is 38.1 Å². The minimum absolute atomic E-state index is 0.0626. The van der Waals surface area contributed by atoms with Crippen molar-refractivity contribution in [3.05, 3.63) is 70.8 Å². The Labute approximate surface area is 223 Å². The van der Waals surface area contributed by atoms with Gasteiger partial charge in [0.2, 0.25) is 0 Å². The van der Waals surface area contributed by atoms with Crippen LogP contribution < -0.4 is 5.32 Å². The molecule has 0 radical (unpaired) electrons. The van der Waals surface area contributed by atoms with Crippen molar-refractivity contribution in [3.8, 4) is 12.1 Å². The number of hydrogen-bond acceptors (Lipinski definition) is 8. The van der Waals surface area contributed by atoms with Crippen LogP contribution in [0.5, 0.6) is 0 Å². The normalized spacial score (nSPS) is 25.7. The summed E-state index contributed by atoms with van der Waals surface area (Å²) in [4.78, 5) is 13.7. The zero-order chi connectivity index (χ0) is 27.2. The number of carbonyl (C=O) groups is 1. The lowest BCUT2D eigenvalue weighted by molar-refractivity contribution is -0.183. The van der Waals surface area contributed by atoms with Gasteiger partial charge >= 0.3 is 0 Å². The summed E-state index contributed by atoms with van der Waals surface area (Å²) < 4.78 is 30.3. The Hall–Kier alpha value is -3.31. The molecule has 1 aliphatic carbocycles. The van der Waals surface area contributed by atoms with Crippen LogP contribution in [0.1, 0.15) is 48.9 Å². The van der Waals surface area contributed by atoms with Crippen molar-refractivity contribution in [2.45, 2.75) is 69.6 Å². The molecule has 0 spiro atoms. The Morgan fingerprint density at radius 3 is 2.26 bits per heavy atom. The van der Waals surface area contributed by atoms with E-state index in [9.17, 15) is 15.3 Å². The minimum Gasteiger partial charge on any atom is -0.383 e. The Kier molecular flexibility index (Phi) is 8.78. The van der Waals surface area contributed by atoms with Crippen LogP contribution in [0.4, 0.5) is 0 Å². The number of nitrogens with zero attached hydrogens (tertiary/aromatic N) is 2. The van der Waals surface area contributed by atoms with Crippen molar-refractivity contribution in [3.63, 3.8) is 0 Å². The Bertz CT molecular complexity index is 1220. The molecular formula is C29H33N3O6. The van der Waals surface area contributed by atoms with Crippen LogP contribution in [0.2, 0.25) is 0 Å². The second-order valence-electron chi connectivity index (χ2n) is 9.97. The number of nitrogens with one attached hydrogen (secondary N) is 1. The maximum atomic E-state index is 13.7. The van der Waals surface area contributed by atoms with Gasteiger partial charge in [0.05, 0.1) is 55.3 Å². The van der Waals surface area contributed by atoms with Gasteiger partial charge < -0.3 is 29.0 Å². The van der Waals surface area contributed by atoms with Crippen molar-refractivity contribution in [1.29, 1.82) is 10.5 Å². The summed E-state index contributed by atoms with van der Waals surface area (Å²) in [6.07, 6.45) is -0.982. The summed E-state index contributed by atoms with van der Waals surface area (Å²) in [6.45, 7) is 4.55. The summed E-state index contributed by atoms with van der Waals surface area (Å²) >= 11 is 0. The summed E-state index contributed by atoms with van der Waals surface area (Å²) in [7, 11) is 1.57. The van der Waals surface area contributed by atoms with Gasteiger partial charge in [0.1, 0.15) is 6.10 Å². The Balaban J connectivity index is 1.63. The Morgan fingerprint density at radius 2 is 1.63 bits per heavy atom. The van der Waals surface area contributed by atoms with Gasteiger partial charge in [-0.05, 0) is 37.1 Å². The molecule has 2 aromatic rings. The number of hydrogen-bond donors (Lipinski definition) is 1. The van der Waals surface area contributed by atoms with Crippen molar-refractivity contribution in [1.82, 2.24) is 5.32 Å². The van der Waals surface area contributed by atoms with Gasteiger partial charge in [-0.1, -0.05) is 36.4 Å². The van der Waals surface area contributed by atoms with Crippen molar-refractivity contribution in [2.75, 3.05) is 20.3 Å². The van der Waals surface area contributed by atoms with Gasteiger partial charge in [-0.25, -0.2) is 0 Å². The van der Waals surface area contributed by atoms with Crippen LogP contribution in [0, 0.1) is 22.7 Å². The molecule has 0 aromatic heterocycles. The molecule has 200 valence electrons. The highest BCUT2D eigenvalue weighted by Gasteiger charge is 2.58. The summed E-state index contributed by atoms with van der Waals surface area (Å²) in [5.74, 6) is -1.17. The van der Waals surface area contributed by atoms with E-state index < -0.39 is 29.7 Å². The second kappa shape index (κ2) is 12.0. The molecule has 0 unspecified atom stereocenters. The molecule has 4 atom stereocenters. The van der Waals surface area contributed by atoms with Gasteiger partial charge in [0, 0.05) is 26.5 Å². The van der Waals surface area contributed by atoms with Crippen LogP contribution in [0.3, 0.4) is 0 Å². The van der Waals surface area contributed by atoms with E-state index in [0.717, 1.165) is 5.56 Å². The fourth-order valence-corrected chi connectivity index (χ4v) is 5.06. The lowest BCUT2D eigenvalue weighted by Crippen LogP contribution is -2.60. The van der Waals surface area contributed by atoms with E-state index in [-0.39, 0.29) is 32.0 Å². The fourth-order valence-electron chi connectivity index (χ4n) is 5.06. The van der Waals surface area contributed by atoms with Gasteiger partial charge in [-0.3, -0.25) is 4.79 Å². The molecule has 1 heterocycles. The molecule has 1 saturated heterocycles. The first-order valence-corrected chi connectivity index (χ1v) is 12.7. The molecule has 0 bridgehead atoms. The first-order chi connectivity index (χ1) is 18.3. The average molecular weight is 520 g/mol. The fraction of sp³-hybridized carbons (Fsp3) is 0.483. The number of carbonyl (C=O) groups excluding carboxylic acids is 1. The molecule has 2 aliphatic rings. The van der Waals surface area contributed by atoms with Gasteiger partial charge in [-0.2, -0.15) is 10.5 Å². The largest absolute Gasteiger partial charge is 0.383 e. The van der Waals surface area contributed by atoms with E-state index in [4.69, 9.17) is 23.7 Å². The van der Waals surface area contributed by atoms with E-state index in [2.05, 4.69) is 17.5 Å². The lowest BCUT2D eigenvalue weighted by Gasteiger charge is -2.43. The van der Waals surface area contributed by atoms with Crippen molar-refractivity contribution >= 4 is 5.91 Å². The highest BCUT2D eigenvalue weighted by atomic mass is 16.8. The van der Waals surface area contributed by atoms with E-state index >= 15 is 0 Å². The second-order valence-corrected chi connectivity index (χ2v) is 9.97. The molecule has 38 heavy (non-hydrogen) atoms. The third-order valence-electron chi connectivity index (χ3n) is 6.89. The summed E-state index contributed by atoms with van der Waals surface area (Å²) in [5, 5.41) is 22.0. The molecule has 4 rings (SSSR count). The van der Waals surface area contributed by atoms with Gasteiger partial charge in [0.15, 0.2) is 11.4 Å². The van der Waals surface area contributed by atoms with E-state index in [1.54, 1.807) is 31.4 Å². The molecule has 1 saturated carbocycles. The predicted molar refractivity (Wildman–Crippen MR) is 136 cm³/mol. The molecule has 1 amide bonds. The number of methoxy groups -OCH3 is 1. The van der Waals surface area contributed by atoms with Gasteiger partial charge in [-0.15, -0.1) is 0 Å². The first kappa shape index (κ1) is 27.7. The molecule has 9 nitrogen and oxygen atoms in total. The van der Waals surface area contributed by atoms with Crippen LogP contribution in [-0.4, -0.2) is 55.9 Å². The van der Waals surface area contributed by atoms with Crippen LogP contribution in [0.15, 0.2) is 48.5 Å². The third kappa shape index (κ3) is 6.21. The number of amides is 1. The average Bonchev–Trinajstić information content (AvgIpc) is 3.24. The maximum absolute atomic E-state index is 13.7. The maximum Gasteiger partial charge on any atom is 0.252 e. The Morgan fingerprint density at radius 1 is 1.00 bits per heavy atom. The SMILES string of the molecule is COCCNC(=O)[C@@]1(OCc2ccccc2C#N)C[C@@H](OCc2ccccc2C#N)[C@@H]2OC(C)(C)O[C@@H]2C1. The standard InChI is InChI=1S/C29H33N3O6/c1-28(2)37-25-15-29(27(33)32-12-13-34-3,36-19-23-11-7-5-9-21(23)17-31)14-24(26(25)38-28)35-18-22-10-6-4-8-20(22)16-30/h4-11,24-26H,12-15,18-19H2,1-3H3,(H,32,33)/t24-,25-,26+,29-/m1/s1. The van der Waals surface area contributed by atoms with Gasteiger partial charge in [0.25, 0.3) is 5.91 Å². The lowest BCUT2D eigenvalue weighted by atomic mass is 9.78. The summed E-state index contributed by atoms with van der Waals surface area (Å²) in [6, 6.07) is 18.8.